The number of pyridine rings is 1. The third kappa shape index (κ3) is 4.38. The molecule has 1 fully saturated rings. The molecule has 0 unspecified atom stereocenters. The van der Waals surface area contributed by atoms with Gasteiger partial charge in [-0.1, -0.05) is 0 Å². The van der Waals surface area contributed by atoms with Crippen molar-refractivity contribution in [1.29, 1.82) is 0 Å². The molecule has 1 N–H and O–H groups in total. The predicted octanol–water partition coefficient (Wildman–Crippen LogP) is 4.84. The van der Waals surface area contributed by atoms with Crippen LogP contribution in [0.1, 0.15) is 47.9 Å². The normalized spacial score (nSPS) is 14.9. The lowest BCUT2D eigenvalue weighted by atomic mass is 10.2. The number of carbonyl (C=O) groups excluding carboxylic acids is 1. The monoisotopic (exact) mass is 473 g/mol. The molecule has 4 heterocycles. The molecule has 8 nitrogen and oxygen atoms in total. The molecule has 1 amide bonds. The summed E-state index contributed by atoms with van der Waals surface area (Å²) in [5, 5.41) is 11.8. The number of imidazole rings is 1. The second kappa shape index (κ2) is 8.10. The standard InChI is InChI=1S/C21H18F3N7OS/c1-12(21(22,23)24)31-11-27-29-19(31)18-6-14(9-33-18)28-20(32)16-7-15(4-5-25-16)30-8-17(26-10-30)13-2-3-13/h4-13H,2-3H2,1H3,(H,28,32)/t12-/m0/s1. The molecule has 0 bridgehead atoms. The molecular weight excluding hydrogens is 455 g/mol. The number of alkyl halides is 3. The summed E-state index contributed by atoms with van der Waals surface area (Å²) in [6.07, 6.45) is 4.12. The van der Waals surface area contributed by atoms with Crippen LogP contribution in [0.3, 0.4) is 0 Å². The minimum atomic E-state index is -4.43. The van der Waals surface area contributed by atoms with Gasteiger partial charge in [-0.05, 0) is 38.0 Å². The molecular formula is C21H18F3N7OS. The van der Waals surface area contributed by atoms with Gasteiger partial charge in [0.2, 0.25) is 0 Å². The van der Waals surface area contributed by atoms with Gasteiger partial charge in [-0.25, -0.2) is 4.98 Å². The maximum Gasteiger partial charge on any atom is 0.408 e. The van der Waals surface area contributed by atoms with Gasteiger partial charge in [-0.3, -0.25) is 9.78 Å². The number of nitrogens with zero attached hydrogens (tertiary/aromatic N) is 6. The number of amides is 1. The number of rotatable bonds is 6. The van der Waals surface area contributed by atoms with Gasteiger partial charge in [-0.15, -0.1) is 21.5 Å². The van der Waals surface area contributed by atoms with E-state index in [-0.39, 0.29) is 11.5 Å². The minimum Gasteiger partial charge on any atom is -0.320 e. The molecule has 1 atom stereocenters. The lowest BCUT2D eigenvalue weighted by Gasteiger charge is -2.17. The molecule has 4 aromatic rings. The van der Waals surface area contributed by atoms with Crippen molar-refractivity contribution in [2.75, 3.05) is 5.32 Å². The van der Waals surface area contributed by atoms with Crippen LogP contribution in [0.25, 0.3) is 16.4 Å². The first-order valence-corrected chi connectivity index (χ1v) is 11.0. The van der Waals surface area contributed by atoms with E-state index in [2.05, 4.69) is 25.5 Å². The van der Waals surface area contributed by atoms with Crippen molar-refractivity contribution < 1.29 is 18.0 Å². The number of anilines is 1. The summed E-state index contributed by atoms with van der Waals surface area (Å²) in [6, 6.07) is 3.22. The maximum atomic E-state index is 13.1. The molecule has 33 heavy (non-hydrogen) atoms. The Morgan fingerprint density at radius 1 is 1.24 bits per heavy atom. The van der Waals surface area contributed by atoms with Crippen LogP contribution >= 0.6 is 11.3 Å². The SMILES string of the molecule is C[C@H](n1cnnc1-c1cc(NC(=O)c2cc(-n3cnc(C4CC4)c3)ccn2)cs1)C(F)(F)F. The number of nitrogens with one attached hydrogen (secondary N) is 1. The summed E-state index contributed by atoms with van der Waals surface area (Å²) >= 11 is 1.16. The minimum absolute atomic E-state index is 0.0806. The Morgan fingerprint density at radius 3 is 2.82 bits per heavy atom. The van der Waals surface area contributed by atoms with E-state index in [1.807, 2.05) is 10.8 Å². The fourth-order valence-electron chi connectivity index (χ4n) is 3.35. The Hall–Kier alpha value is -3.54. The summed E-state index contributed by atoms with van der Waals surface area (Å²) in [7, 11) is 0. The quantitative estimate of drug-likeness (QED) is 0.433. The smallest absolute Gasteiger partial charge is 0.320 e. The number of hydrogen-bond donors (Lipinski definition) is 1. The van der Waals surface area contributed by atoms with Crippen molar-refractivity contribution in [2.24, 2.45) is 0 Å². The Labute approximate surface area is 190 Å². The van der Waals surface area contributed by atoms with Gasteiger partial charge >= 0.3 is 6.18 Å². The number of aromatic nitrogens is 6. The Morgan fingerprint density at radius 2 is 2.06 bits per heavy atom. The second-order valence-electron chi connectivity index (χ2n) is 7.81. The summed E-state index contributed by atoms with van der Waals surface area (Å²) < 4.78 is 42.2. The molecule has 0 saturated heterocycles. The van der Waals surface area contributed by atoms with Crippen LogP contribution in [0.2, 0.25) is 0 Å². The third-order valence-corrected chi connectivity index (χ3v) is 6.34. The maximum absolute atomic E-state index is 13.1. The highest BCUT2D eigenvalue weighted by Crippen LogP contribution is 2.39. The van der Waals surface area contributed by atoms with E-state index in [0.717, 1.165) is 53.4 Å². The highest BCUT2D eigenvalue weighted by atomic mass is 32.1. The first-order chi connectivity index (χ1) is 15.8. The van der Waals surface area contributed by atoms with Gasteiger partial charge in [0, 0.05) is 23.7 Å². The van der Waals surface area contributed by atoms with Gasteiger partial charge < -0.3 is 14.5 Å². The molecule has 0 aliphatic heterocycles. The molecule has 0 aromatic carbocycles. The van der Waals surface area contributed by atoms with E-state index in [4.69, 9.17) is 0 Å². The van der Waals surface area contributed by atoms with E-state index in [1.54, 1.807) is 36.1 Å². The average Bonchev–Trinajstić information content (AvgIpc) is 3.19. The Bertz CT molecular complexity index is 1300. The van der Waals surface area contributed by atoms with Gasteiger partial charge in [0.1, 0.15) is 18.1 Å². The zero-order valence-corrected chi connectivity index (χ0v) is 18.1. The lowest BCUT2D eigenvalue weighted by Crippen LogP contribution is -2.23. The third-order valence-electron chi connectivity index (χ3n) is 5.41. The van der Waals surface area contributed by atoms with Crippen LogP contribution in [0.4, 0.5) is 18.9 Å². The second-order valence-corrected chi connectivity index (χ2v) is 8.72. The van der Waals surface area contributed by atoms with Crippen molar-refractivity contribution >= 4 is 22.9 Å². The Kier molecular flexibility index (Phi) is 5.23. The molecule has 1 aliphatic rings. The van der Waals surface area contributed by atoms with E-state index in [9.17, 15) is 18.0 Å². The van der Waals surface area contributed by atoms with E-state index in [1.165, 1.54) is 0 Å². The topological polar surface area (TPSA) is 90.5 Å². The van der Waals surface area contributed by atoms with Crippen molar-refractivity contribution in [1.82, 2.24) is 29.3 Å². The van der Waals surface area contributed by atoms with Crippen molar-refractivity contribution in [3.05, 3.63) is 60.0 Å². The fraction of sp³-hybridized carbons (Fsp3) is 0.286. The summed E-state index contributed by atoms with van der Waals surface area (Å²) in [5.74, 6) is 0.166. The number of hydrogen-bond acceptors (Lipinski definition) is 6. The van der Waals surface area contributed by atoms with Crippen LogP contribution in [-0.4, -0.2) is 41.4 Å². The summed E-state index contributed by atoms with van der Waals surface area (Å²) in [4.78, 5) is 21.8. The van der Waals surface area contributed by atoms with Crippen LogP contribution < -0.4 is 5.32 Å². The highest BCUT2D eigenvalue weighted by Gasteiger charge is 2.38. The lowest BCUT2D eigenvalue weighted by molar-refractivity contribution is -0.162. The highest BCUT2D eigenvalue weighted by molar-refractivity contribution is 7.14. The molecule has 4 aromatic heterocycles. The van der Waals surface area contributed by atoms with E-state index < -0.39 is 18.1 Å². The summed E-state index contributed by atoms with van der Waals surface area (Å²) in [6.45, 7) is 1.04. The largest absolute Gasteiger partial charge is 0.408 e. The van der Waals surface area contributed by atoms with Crippen LogP contribution in [0, 0.1) is 0 Å². The molecule has 0 radical (unpaired) electrons. The number of thiophene rings is 1. The van der Waals surface area contributed by atoms with Crippen molar-refractivity contribution in [2.45, 2.75) is 37.9 Å². The van der Waals surface area contributed by atoms with Gasteiger partial charge in [0.15, 0.2) is 5.82 Å². The van der Waals surface area contributed by atoms with Gasteiger partial charge in [-0.2, -0.15) is 13.2 Å². The van der Waals surface area contributed by atoms with Crippen molar-refractivity contribution in [3.8, 4) is 16.4 Å². The predicted molar refractivity (Wildman–Crippen MR) is 115 cm³/mol. The van der Waals surface area contributed by atoms with Gasteiger partial charge in [0.25, 0.3) is 5.91 Å². The van der Waals surface area contributed by atoms with Crippen LogP contribution in [0.5, 0.6) is 0 Å². The first kappa shape index (κ1) is 21.3. The molecule has 5 rings (SSSR count). The molecule has 1 saturated carbocycles. The Balaban J connectivity index is 1.32. The number of carbonyl (C=O) groups is 1. The van der Waals surface area contributed by atoms with Gasteiger partial charge in [0.05, 0.1) is 28.3 Å². The zero-order chi connectivity index (χ0) is 23.2. The first-order valence-electron chi connectivity index (χ1n) is 10.2. The average molecular weight is 473 g/mol. The van der Waals surface area contributed by atoms with E-state index in [0.29, 0.717) is 16.5 Å². The number of halogens is 3. The van der Waals surface area contributed by atoms with E-state index >= 15 is 0 Å². The summed E-state index contributed by atoms with van der Waals surface area (Å²) in [5.41, 5.74) is 2.43. The molecule has 0 spiro atoms. The van der Waals surface area contributed by atoms with Crippen molar-refractivity contribution in [3.63, 3.8) is 0 Å². The molecule has 170 valence electrons. The van der Waals surface area contributed by atoms with Crippen LogP contribution in [-0.2, 0) is 0 Å². The zero-order valence-electron chi connectivity index (χ0n) is 17.3. The fourth-order valence-corrected chi connectivity index (χ4v) is 4.18. The van der Waals surface area contributed by atoms with Crippen LogP contribution in [0.15, 0.2) is 48.6 Å². The molecule has 1 aliphatic carbocycles. The molecule has 12 heteroatoms.